The molecule has 0 saturated heterocycles. The average Bonchev–Trinajstić information content (AvgIpc) is 2.91. The first-order chi connectivity index (χ1) is 9.51. The highest BCUT2D eigenvalue weighted by atomic mass is 19.3. The Balaban J connectivity index is 2.41. The van der Waals surface area contributed by atoms with Crippen LogP contribution in [-0.2, 0) is 5.60 Å². The van der Waals surface area contributed by atoms with Crippen molar-refractivity contribution in [1.29, 1.82) is 0 Å². The summed E-state index contributed by atoms with van der Waals surface area (Å²) < 4.78 is 43.7. The van der Waals surface area contributed by atoms with Crippen LogP contribution in [0.5, 0.6) is 0 Å². The molecule has 0 aliphatic carbocycles. The number of benzene rings is 1. The molecule has 3 nitrogen and oxygen atoms in total. The number of alkyl halides is 3. The van der Waals surface area contributed by atoms with Gasteiger partial charge in [-0.3, -0.25) is 0 Å². The fourth-order valence-electron chi connectivity index (χ4n) is 2.33. The molecule has 110 valence electrons. The highest BCUT2D eigenvalue weighted by Gasteiger charge is 2.39. The lowest BCUT2D eigenvalue weighted by Crippen LogP contribution is -2.49. The highest BCUT2D eigenvalue weighted by molar-refractivity contribution is 5.77. The fraction of sp³-hybridized carbons (Fsp3) is 0.429. The van der Waals surface area contributed by atoms with Crippen LogP contribution in [0.15, 0.2) is 34.9 Å². The lowest BCUT2D eigenvalue weighted by atomic mass is 9.85. The van der Waals surface area contributed by atoms with Crippen molar-refractivity contribution in [3.8, 4) is 0 Å². The van der Waals surface area contributed by atoms with Gasteiger partial charge in [-0.25, -0.2) is 13.2 Å². The maximum Gasteiger partial charge on any atom is 0.240 e. The largest absolute Gasteiger partial charge is 0.464 e. The van der Waals surface area contributed by atoms with Crippen LogP contribution in [0, 0.1) is 0 Å². The lowest BCUT2D eigenvalue weighted by molar-refractivity contribution is -0.0412. The Hall–Kier alpha value is -1.53. The first-order valence-corrected chi connectivity index (χ1v) is 6.22. The minimum atomic E-state index is -2.64. The van der Waals surface area contributed by atoms with E-state index in [0.29, 0.717) is 5.58 Å². The Morgan fingerprint density at radius 2 is 2.10 bits per heavy atom. The summed E-state index contributed by atoms with van der Waals surface area (Å²) in [6.07, 6.45) is -1.82. The first kappa shape index (κ1) is 14.9. The zero-order valence-corrected chi connectivity index (χ0v) is 10.9. The molecule has 0 radical (unpaired) electrons. The molecule has 2 rings (SSSR count). The van der Waals surface area contributed by atoms with Gasteiger partial charge in [0.15, 0.2) is 0 Å². The number of aliphatic hydroxyl groups is 1. The van der Waals surface area contributed by atoms with E-state index in [2.05, 4.69) is 5.32 Å². The van der Waals surface area contributed by atoms with Crippen LogP contribution >= 0.6 is 0 Å². The SMILES string of the molecule is CNC(CC(F)F)C(O)(CF)c1ccc2ccoc2c1. The predicted octanol–water partition coefficient (Wildman–Crippen LogP) is 2.83. The molecule has 2 unspecified atom stereocenters. The Labute approximate surface area is 114 Å². The molecule has 0 bridgehead atoms. The number of likely N-dealkylation sites (N-methyl/N-ethyl adjacent to an activating group) is 1. The zero-order chi connectivity index (χ0) is 14.8. The predicted molar refractivity (Wildman–Crippen MR) is 69.6 cm³/mol. The van der Waals surface area contributed by atoms with Gasteiger partial charge in [0.05, 0.1) is 6.26 Å². The van der Waals surface area contributed by atoms with Crippen molar-refractivity contribution in [2.45, 2.75) is 24.5 Å². The quantitative estimate of drug-likeness (QED) is 0.858. The molecule has 2 aromatic rings. The number of rotatable bonds is 6. The molecule has 0 aliphatic rings. The van der Waals surface area contributed by atoms with Gasteiger partial charge in [-0.2, -0.15) is 0 Å². The van der Waals surface area contributed by atoms with Crippen LogP contribution in [0.2, 0.25) is 0 Å². The third kappa shape index (κ3) is 2.66. The minimum Gasteiger partial charge on any atom is -0.464 e. The van der Waals surface area contributed by atoms with E-state index in [4.69, 9.17) is 4.42 Å². The second-order valence-corrected chi connectivity index (χ2v) is 4.70. The van der Waals surface area contributed by atoms with Crippen LogP contribution in [0.3, 0.4) is 0 Å². The maximum absolute atomic E-state index is 13.4. The second kappa shape index (κ2) is 5.85. The van der Waals surface area contributed by atoms with E-state index < -0.39 is 31.2 Å². The van der Waals surface area contributed by atoms with Gasteiger partial charge < -0.3 is 14.8 Å². The van der Waals surface area contributed by atoms with Gasteiger partial charge in [-0.05, 0) is 24.7 Å². The summed E-state index contributed by atoms with van der Waals surface area (Å²) in [4.78, 5) is 0. The number of fused-ring (bicyclic) bond motifs is 1. The summed E-state index contributed by atoms with van der Waals surface area (Å²) in [5.41, 5.74) is -1.34. The summed E-state index contributed by atoms with van der Waals surface area (Å²) >= 11 is 0. The molecule has 0 fully saturated rings. The monoisotopic (exact) mass is 287 g/mol. The number of furan rings is 1. The van der Waals surface area contributed by atoms with E-state index >= 15 is 0 Å². The van der Waals surface area contributed by atoms with E-state index in [1.165, 1.54) is 25.4 Å². The van der Waals surface area contributed by atoms with Crippen molar-refractivity contribution < 1.29 is 22.7 Å². The van der Waals surface area contributed by atoms with Crippen LogP contribution in [0.25, 0.3) is 11.0 Å². The summed E-state index contributed by atoms with van der Waals surface area (Å²) in [7, 11) is 1.42. The van der Waals surface area contributed by atoms with Gasteiger partial charge in [0, 0.05) is 17.8 Å². The van der Waals surface area contributed by atoms with Crippen molar-refractivity contribution in [2.24, 2.45) is 0 Å². The maximum atomic E-state index is 13.4. The van der Waals surface area contributed by atoms with E-state index in [9.17, 15) is 18.3 Å². The summed E-state index contributed by atoms with van der Waals surface area (Å²) in [6.45, 7) is -1.17. The molecule has 2 N–H and O–H groups in total. The van der Waals surface area contributed by atoms with Crippen molar-refractivity contribution in [3.63, 3.8) is 0 Å². The van der Waals surface area contributed by atoms with Gasteiger partial charge in [0.1, 0.15) is 17.9 Å². The minimum absolute atomic E-state index is 0.211. The molecule has 6 heteroatoms. The van der Waals surface area contributed by atoms with E-state index in [1.807, 2.05) is 0 Å². The van der Waals surface area contributed by atoms with Crippen LogP contribution in [-0.4, -0.2) is 31.3 Å². The van der Waals surface area contributed by atoms with Gasteiger partial charge >= 0.3 is 0 Å². The Bertz CT molecular complexity index is 572. The van der Waals surface area contributed by atoms with E-state index in [0.717, 1.165) is 5.39 Å². The van der Waals surface area contributed by atoms with Crippen molar-refractivity contribution in [1.82, 2.24) is 5.32 Å². The third-order valence-corrected chi connectivity index (χ3v) is 3.50. The molecule has 0 amide bonds. The molecular formula is C14H16F3NO2. The molecule has 20 heavy (non-hydrogen) atoms. The molecule has 1 aromatic heterocycles. The van der Waals surface area contributed by atoms with Gasteiger partial charge in [0.2, 0.25) is 6.43 Å². The Morgan fingerprint density at radius 3 is 2.70 bits per heavy atom. The molecular weight excluding hydrogens is 271 g/mol. The zero-order valence-electron chi connectivity index (χ0n) is 10.9. The van der Waals surface area contributed by atoms with Crippen molar-refractivity contribution in [2.75, 3.05) is 13.7 Å². The number of nitrogens with one attached hydrogen (secondary N) is 1. The third-order valence-electron chi connectivity index (χ3n) is 3.50. The van der Waals surface area contributed by atoms with Crippen LogP contribution < -0.4 is 5.32 Å². The summed E-state index contributed by atoms with van der Waals surface area (Å²) in [5, 5.41) is 13.8. The number of halogens is 3. The van der Waals surface area contributed by atoms with E-state index in [-0.39, 0.29) is 5.56 Å². The van der Waals surface area contributed by atoms with Crippen LogP contribution in [0.4, 0.5) is 13.2 Å². The smallest absolute Gasteiger partial charge is 0.240 e. The fourth-order valence-corrected chi connectivity index (χ4v) is 2.33. The molecule has 0 spiro atoms. The van der Waals surface area contributed by atoms with Crippen molar-refractivity contribution >= 4 is 11.0 Å². The summed E-state index contributed by atoms with van der Waals surface area (Å²) in [6, 6.07) is 5.28. The molecule has 1 aromatic carbocycles. The normalized spacial score (nSPS) is 16.5. The number of hydrogen-bond donors (Lipinski definition) is 2. The highest BCUT2D eigenvalue weighted by Crippen LogP contribution is 2.31. The van der Waals surface area contributed by atoms with Crippen molar-refractivity contribution in [3.05, 3.63) is 36.1 Å². The van der Waals surface area contributed by atoms with Gasteiger partial charge in [-0.15, -0.1) is 0 Å². The van der Waals surface area contributed by atoms with Crippen LogP contribution in [0.1, 0.15) is 12.0 Å². The molecule has 0 saturated carbocycles. The first-order valence-electron chi connectivity index (χ1n) is 6.22. The second-order valence-electron chi connectivity index (χ2n) is 4.70. The standard InChI is InChI=1S/C14H16F3NO2/c1-18-12(7-13(16)17)14(19,8-15)10-3-2-9-4-5-20-11(9)6-10/h2-6,12-13,18-19H,7-8H2,1H3. The Kier molecular flexibility index (Phi) is 4.35. The molecule has 2 atom stereocenters. The molecule has 1 heterocycles. The van der Waals surface area contributed by atoms with E-state index in [1.54, 1.807) is 12.1 Å². The Morgan fingerprint density at radius 1 is 1.35 bits per heavy atom. The number of hydrogen-bond acceptors (Lipinski definition) is 3. The molecule has 0 aliphatic heterocycles. The summed E-state index contributed by atoms with van der Waals surface area (Å²) in [5.74, 6) is 0. The topological polar surface area (TPSA) is 45.4 Å². The lowest BCUT2D eigenvalue weighted by Gasteiger charge is -2.34. The average molecular weight is 287 g/mol. The van der Waals surface area contributed by atoms with Gasteiger partial charge in [-0.1, -0.05) is 12.1 Å². The van der Waals surface area contributed by atoms with Gasteiger partial charge in [0.25, 0.3) is 0 Å².